The molecule has 0 unspecified atom stereocenters. The van der Waals surface area contributed by atoms with Crippen LogP contribution in [0, 0.1) is 18.3 Å². The Morgan fingerprint density at radius 2 is 2.09 bits per heavy atom. The van der Waals surface area contributed by atoms with Crippen molar-refractivity contribution in [1.82, 2.24) is 4.90 Å². The lowest BCUT2D eigenvalue weighted by Crippen LogP contribution is -2.39. The van der Waals surface area contributed by atoms with E-state index < -0.39 is 0 Å². The minimum absolute atomic E-state index is 0.0407. The second-order valence-corrected chi connectivity index (χ2v) is 6.04. The van der Waals surface area contributed by atoms with E-state index in [-0.39, 0.29) is 23.3 Å². The predicted octanol–water partition coefficient (Wildman–Crippen LogP) is 3.31. The molecule has 5 heteroatoms. The highest BCUT2D eigenvalue weighted by Crippen LogP contribution is 2.25. The van der Waals surface area contributed by atoms with Crippen LogP contribution in [0.5, 0.6) is 5.75 Å². The summed E-state index contributed by atoms with van der Waals surface area (Å²) in [6, 6.07) is 7.29. The molecule has 0 aliphatic heterocycles. The first-order valence-corrected chi connectivity index (χ1v) is 7.96. The average molecular weight is 313 g/mol. The number of phenols is 1. The molecule has 23 heavy (non-hydrogen) atoms. The van der Waals surface area contributed by atoms with Gasteiger partial charge < -0.3 is 15.3 Å². The van der Waals surface area contributed by atoms with Crippen molar-refractivity contribution in [2.75, 3.05) is 12.4 Å². The van der Waals surface area contributed by atoms with Crippen molar-refractivity contribution in [2.45, 2.75) is 45.1 Å². The summed E-state index contributed by atoms with van der Waals surface area (Å²) in [5, 5.41) is 21.9. The summed E-state index contributed by atoms with van der Waals surface area (Å²) < 4.78 is 0. The fourth-order valence-corrected chi connectivity index (χ4v) is 2.88. The number of amides is 1. The van der Waals surface area contributed by atoms with Crippen molar-refractivity contribution in [2.24, 2.45) is 0 Å². The van der Waals surface area contributed by atoms with Crippen molar-refractivity contribution in [3.8, 4) is 11.8 Å². The highest BCUT2D eigenvalue weighted by Gasteiger charge is 2.24. The minimum Gasteiger partial charge on any atom is -0.506 e. The van der Waals surface area contributed by atoms with E-state index in [0.29, 0.717) is 5.69 Å². The third-order valence-electron chi connectivity index (χ3n) is 4.32. The van der Waals surface area contributed by atoms with Gasteiger partial charge in [0.15, 0.2) is 0 Å². The number of nitrogens with zero attached hydrogens (tertiary/aromatic N) is 2. The molecule has 122 valence electrons. The predicted molar refractivity (Wildman–Crippen MR) is 89.8 cm³/mol. The lowest BCUT2D eigenvalue weighted by atomic mass is 9.94. The fraction of sp³-hybridized carbons (Fsp3) is 0.444. The number of aromatic hydroxyl groups is 1. The number of benzene rings is 1. The molecule has 2 rings (SSSR count). The molecule has 2 N–H and O–H groups in total. The smallest absolute Gasteiger partial charge is 0.266 e. The van der Waals surface area contributed by atoms with Gasteiger partial charge in [-0.2, -0.15) is 5.26 Å². The van der Waals surface area contributed by atoms with Crippen molar-refractivity contribution in [3.63, 3.8) is 0 Å². The van der Waals surface area contributed by atoms with Gasteiger partial charge in [-0.25, -0.2) is 0 Å². The first-order valence-electron chi connectivity index (χ1n) is 7.96. The van der Waals surface area contributed by atoms with E-state index in [4.69, 9.17) is 0 Å². The van der Waals surface area contributed by atoms with Crippen LogP contribution in [0.4, 0.5) is 5.69 Å². The zero-order valence-corrected chi connectivity index (χ0v) is 13.7. The molecule has 0 aromatic heterocycles. The van der Waals surface area contributed by atoms with Crippen LogP contribution in [0.3, 0.4) is 0 Å². The Morgan fingerprint density at radius 1 is 1.39 bits per heavy atom. The molecule has 1 amide bonds. The summed E-state index contributed by atoms with van der Waals surface area (Å²) in [5.41, 5.74) is 1.49. The monoisotopic (exact) mass is 313 g/mol. The molecule has 0 atom stereocenters. The molecule has 1 aliphatic carbocycles. The maximum atomic E-state index is 12.5. The summed E-state index contributed by atoms with van der Waals surface area (Å²) in [6.07, 6.45) is 6.83. The van der Waals surface area contributed by atoms with E-state index in [1.807, 2.05) is 13.0 Å². The fourth-order valence-electron chi connectivity index (χ4n) is 2.88. The van der Waals surface area contributed by atoms with Crippen molar-refractivity contribution < 1.29 is 9.90 Å². The Bertz CT molecular complexity index is 640. The molecule has 1 aromatic rings. The minimum atomic E-state index is -0.279. The highest BCUT2D eigenvalue weighted by molar-refractivity contribution is 5.97. The third-order valence-corrected chi connectivity index (χ3v) is 4.32. The van der Waals surface area contributed by atoms with E-state index >= 15 is 0 Å². The summed E-state index contributed by atoms with van der Waals surface area (Å²) in [6.45, 7) is 1.90. The maximum Gasteiger partial charge on any atom is 0.266 e. The molecule has 0 bridgehead atoms. The number of likely N-dealkylation sites (N-methyl/N-ethyl adjacent to an activating group) is 1. The number of aryl methyl sites for hydroxylation is 1. The third kappa shape index (κ3) is 4.26. The molecule has 0 spiro atoms. The Kier molecular flexibility index (Phi) is 5.64. The van der Waals surface area contributed by atoms with E-state index in [1.165, 1.54) is 12.6 Å². The summed E-state index contributed by atoms with van der Waals surface area (Å²) in [7, 11) is 1.76. The summed E-state index contributed by atoms with van der Waals surface area (Å²) in [5.74, 6) is -0.198. The van der Waals surface area contributed by atoms with Crippen LogP contribution in [0.2, 0.25) is 0 Å². The van der Waals surface area contributed by atoms with Gasteiger partial charge in [0, 0.05) is 19.3 Å². The van der Waals surface area contributed by atoms with Gasteiger partial charge in [0.05, 0.1) is 5.69 Å². The van der Waals surface area contributed by atoms with Crippen LogP contribution in [-0.4, -0.2) is 29.0 Å². The van der Waals surface area contributed by atoms with Gasteiger partial charge >= 0.3 is 0 Å². The average Bonchev–Trinajstić information content (AvgIpc) is 2.58. The molecular weight excluding hydrogens is 290 g/mol. The Labute approximate surface area is 137 Å². The van der Waals surface area contributed by atoms with E-state index in [1.54, 1.807) is 30.1 Å². The zero-order valence-electron chi connectivity index (χ0n) is 13.7. The number of carbonyl (C=O) groups excluding carboxylic acids is 1. The van der Waals surface area contributed by atoms with Gasteiger partial charge in [0.25, 0.3) is 5.91 Å². The van der Waals surface area contributed by atoms with Crippen LogP contribution in [0.25, 0.3) is 0 Å². The zero-order chi connectivity index (χ0) is 16.8. The molecule has 1 fully saturated rings. The van der Waals surface area contributed by atoms with Gasteiger partial charge in [-0.15, -0.1) is 0 Å². The van der Waals surface area contributed by atoms with Gasteiger partial charge in [-0.05, 0) is 37.5 Å². The molecule has 1 saturated carbocycles. The molecule has 0 heterocycles. The van der Waals surface area contributed by atoms with Gasteiger partial charge in [0.2, 0.25) is 0 Å². The molecule has 0 saturated heterocycles. The number of hydrogen-bond donors (Lipinski definition) is 2. The van der Waals surface area contributed by atoms with Gasteiger partial charge in [-0.3, -0.25) is 4.79 Å². The number of phenolic OH excluding ortho intramolecular Hbond substituents is 1. The quantitative estimate of drug-likeness (QED) is 0.508. The van der Waals surface area contributed by atoms with Crippen LogP contribution >= 0.6 is 0 Å². The largest absolute Gasteiger partial charge is 0.506 e. The topological polar surface area (TPSA) is 76.4 Å². The van der Waals surface area contributed by atoms with Gasteiger partial charge in [0.1, 0.15) is 17.4 Å². The number of rotatable bonds is 4. The highest BCUT2D eigenvalue weighted by atomic mass is 16.3. The number of nitriles is 1. The molecule has 0 radical (unpaired) electrons. The molecule has 1 aliphatic rings. The second-order valence-electron chi connectivity index (χ2n) is 6.04. The number of anilines is 1. The molecular formula is C18H23N3O2. The first kappa shape index (κ1) is 16.9. The van der Waals surface area contributed by atoms with Crippen molar-refractivity contribution >= 4 is 11.6 Å². The van der Waals surface area contributed by atoms with Gasteiger partial charge in [-0.1, -0.05) is 25.3 Å². The summed E-state index contributed by atoms with van der Waals surface area (Å²) in [4.78, 5) is 14.2. The Balaban J connectivity index is 2.10. The molecule has 5 nitrogen and oxygen atoms in total. The van der Waals surface area contributed by atoms with Crippen LogP contribution in [0.15, 0.2) is 30.0 Å². The van der Waals surface area contributed by atoms with Crippen molar-refractivity contribution in [3.05, 3.63) is 35.5 Å². The SMILES string of the molecule is Cc1ccc(O)c(N/C=C(/C#N)C(=O)N(C)C2CCCCC2)c1. The van der Waals surface area contributed by atoms with Crippen molar-refractivity contribution in [1.29, 1.82) is 5.26 Å². The van der Waals surface area contributed by atoms with Crippen LogP contribution in [-0.2, 0) is 4.79 Å². The number of carbonyl (C=O) groups is 1. The first-order chi connectivity index (χ1) is 11.0. The van der Waals surface area contributed by atoms with Crippen LogP contribution < -0.4 is 5.32 Å². The molecule has 1 aromatic carbocycles. The normalized spacial score (nSPS) is 15.8. The lowest BCUT2D eigenvalue weighted by Gasteiger charge is -2.31. The van der Waals surface area contributed by atoms with E-state index in [9.17, 15) is 15.2 Å². The maximum absolute atomic E-state index is 12.5. The number of nitrogens with one attached hydrogen (secondary N) is 1. The van der Waals surface area contributed by atoms with E-state index in [0.717, 1.165) is 31.2 Å². The lowest BCUT2D eigenvalue weighted by molar-refractivity contribution is -0.128. The Morgan fingerprint density at radius 3 is 2.74 bits per heavy atom. The standard InChI is InChI=1S/C18H23N3O2/c1-13-8-9-17(22)16(10-13)20-12-14(11-19)18(23)21(2)15-6-4-3-5-7-15/h8-10,12,15,20,22H,3-7H2,1-2H3/b14-12-. The van der Waals surface area contributed by atoms with Crippen LogP contribution in [0.1, 0.15) is 37.7 Å². The Hall–Kier alpha value is -2.48. The summed E-state index contributed by atoms with van der Waals surface area (Å²) >= 11 is 0. The van der Waals surface area contributed by atoms with E-state index in [2.05, 4.69) is 5.32 Å². The second kappa shape index (κ2) is 7.68. The number of hydrogen-bond acceptors (Lipinski definition) is 4.